The molecule has 0 bridgehead atoms. The minimum atomic E-state index is -2.46. The molecule has 0 radical (unpaired) electrons. The average molecular weight is 553 g/mol. The van der Waals surface area contributed by atoms with Crippen LogP contribution in [0.2, 0.25) is 0 Å². The highest BCUT2D eigenvalue weighted by molar-refractivity contribution is 5.94. The van der Waals surface area contributed by atoms with Gasteiger partial charge in [-0.15, -0.1) is 0 Å². The van der Waals surface area contributed by atoms with Gasteiger partial charge in [-0.2, -0.15) is 0 Å². The van der Waals surface area contributed by atoms with Gasteiger partial charge < -0.3 is 18.7 Å². The van der Waals surface area contributed by atoms with Crippen LogP contribution < -0.4 is 4.90 Å². The SMILES string of the molecule is [2H]C([2H])([2H])O[C@H]1CC[C@H](n2c([C@@H]3CCN(C)C(=O)N3c3ccc(F)c(F)c3)nc3cc(-c4c(C)noc4C)ccc32)CC1. The van der Waals surface area contributed by atoms with E-state index in [2.05, 4.69) is 9.72 Å². The molecule has 2 fully saturated rings. The predicted molar refractivity (Wildman–Crippen MR) is 147 cm³/mol. The van der Waals surface area contributed by atoms with Crippen LogP contribution in [0.25, 0.3) is 22.2 Å². The Labute approximate surface area is 235 Å². The molecule has 1 saturated heterocycles. The quantitative estimate of drug-likeness (QED) is 0.275. The summed E-state index contributed by atoms with van der Waals surface area (Å²) in [5, 5.41) is 4.09. The number of amides is 2. The van der Waals surface area contributed by atoms with E-state index in [0.29, 0.717) is 55.8 Å². The number of ether oxygens (including phenoxy) is 1. The van der Waals surface area contributed by atoms with Crippen LogP contribution in [0.3, 0.4) is 0 Å². The molecule has 8 nitrogen and oxygen atoms in total. The van der Waals surface area contributed by atoms with E-state index < -0.39 is 24.7 Å². The second-order valence-electron chi connectivity index (χ2n) is 10.8. The molecule has 2 aromatic heterocycles. The highest BCUT2D eigenvalue weighted by atomic mass is 19.2. The number of aromatic nitrogens is 3. The lowest BCUT2D eigenvalue weighted by Gasteiger charge is -2.40. The zero-order valence-electron chi connectivity index (χ0n) is 25.7. The number of methoxy groups -OCH3 is 1. The fraction of sp³-hybridized carbons (Fsp3) is 0.433. The summed E-state index contributed by atoms with van der Waals surface area (Å²) in [5.41, 5.74) is 4.36. The number of halogens is 2. The fourth-order valence-corrected chi connectivity index (χ4v) is 6.24. The van der Waals surface area contributed by atoms with Crippen molar-refractivity contribution >= 4 is 22.8 Å². The zero-order valence-corrected chi connectivity index (χ0v) is 22.7. The standard InChI is InChI=1S/C30H33F2N5O3/c1-17-28(18(2)40-34-17)19-5-12-26-25(15-19)33-29(36(26)20-6-9-22(39-4)10-7-20)27-13-14-35(3)30(38)37(27)21-8-11-23(31)24(32)16-21/h5,8,11-12,15-16,20,22,27H,6-7,9-10,13-14H2,1-4H3/t20-,22-,27-/m0/s1/i4D3. The summed E-state index contributed by atoms with van der Waals surface area (Å²) in [6, 6.07) is 8.50. The Hall–Kier alpha value is -3.79. The monoisotopic (exact) mass is 552 g/mol. The van der Waals surface area contributed by atoms with Crippen LogP contribution in [0.1, 0.15) is 65.6 Å². The molecule has 1 aliphatic heterocycles. The van der Waals surface area contributed by atoms with Crippen molar-refractivity contribution in [3.05, 3.63) is 65.3 Å². The molecule has 1 aliphatic carbocycles. The molecule has 2 aromatic carbocycles. The van der Waals surface area contributed by atoms with Crippen molar-refractivity contribution in [3.8, 4) is 11.1 Å². The summed E-state index contributed by atoms with van der Waals surface area (Å²) in [6.07, 6.45) is 2.54. The van der Waals surface area contributed by atoms with Crippen molar-refractivity contribution in [2.45, 2.75) is 64.1 Å². The Morgan fingerprint density at radius 2 is 1.85 bits per heavy atom. The first-order valence-electron chi connectivity index (χ1n) is 15.0. The lowest BCUT2D eigenvalue weighted by molar-refractivity contribution is 0.0583. The Balaban J connectivity index is 1.47. The summed E-state index contributed by atoms with van der Waals surface area (Å²) in [7, 11) is -0.783. The second-order valence-corrected chi connectivity index (χ2v) is 10.8. The molecule has 1 saturated carbocycles. The Kier molecular flexibility index (Phi) is 5.92. The Morgan fingerprint density at radius 3 is 2.55 bits per heavy atom. The van der Waals surface area contributed by atoms with Crippen LogP contribution >= 0.6 is 0 Å². The van der Waals surface area contributed by atoms with E-state index >= 15 is 0 Å². The van der Waals surface area contributed by atoms with E-state index in [1.807, 2.05) is 32.0 Å². The first-order chi connectivity index (χ1) is 20.4. The van der Waals surface area contributed by atoms with E-state index in [1.165, 1.54) is 11.0 Å². The lowest BCUT2D eigenvalue weighted by Crippen LogP contribution is -2.50. The van der Waals surface area contributed by atoms with Gasteiger partial charge in [0.2, 0.25) is 0 Å². The molecule has 6 rings (SSSR count). The number of hydrogen-bond acceptors (Lipinski definition) is 5. The van der Waals surface area contributed by atoms with E-state index in [-0.39, 0.29) is 23.9 Å². The van der Waals surface area contributed by atoms with Gasteiger partial charge in [0, 0.05) is 44.0 Å². The number of hydrogen-bond donors (Lipinski definition) is 0. The predicted octanol–water partition coefficient (Wildman–Crippen LogP) is 6.72. The molecular formula is C30H33F2N5O3. The largest absolute Gasteiger partial charge is 0.381 e. The molecule has 0 N–H and O–H groups in total. The maximum Gasteiger partial charge on any atom is 0.324 e. The van der Waals surface area contributed by atoms with Gasteiger partial charge in [0.25, 0.3) is 0 Å². The third kappa shape index (κ3) is 4.44. The van der Waals surface area contributed by atoms with E-state index in [4.69, 9.17) is 18.4 Å². The number of benzene rings is 2. The number of imidazole rings is 1. The van der Waals surface area contributed by atoms with Gasteiger partial charge in [0.15, 0.2) is 11.6 Å². The number of rotatable bonds is 5. The third-order valence-corrected chi connectivity index (χ3v) is 8.28. The summed E-state index contributed by atoms with van der Waals surface area (Å²) in [5.74, 6) is -0.706. The maximum absolute atomic E-state index is 14.4. The van der Waals surface area contributed by atoms with Crippen molar-refractivity contribution in [1.82, 2.24) is 19.6 Å². The molecule has 1 atom stereocenters. The number of fused-ring (bicyclic) bond motifs is 1. The highest BCUT2D eigenvalue weighted by Gasteiger charge is 2.38. The van der Waals surface area contributed by atoms with Gasteiger partial charge in [0.1, 0.15) is 11.6 Å². The normalized spacial score (nSPS) is 23.4. The third-order valence-electron chi connectivity index (χ3n) is 8.28. The number of carbonyl (C=O) groups excluding carboxylic acids is 1. The topological polar surface area (TPSA) is 76.6 Å². The number of anilines is 1. The van der Waals surface area contributed by atoms with Gasteiger partial charge >= 0.3 is 6.03 Å². The van der Waals surface area contributed by atoms with Crippen molar-refractivity contribution < 1.29 is 26.9 Å². The number of urea groups is 1. The van der Waals surface area contributed by atoms with E-state index in [1.54, 1.807) is 11.9 Å². The number of nitrogens with zero attached hydrogens (tertiary/aromatic N) is 5. The summed E-state index contributed by atoms with van der Waals surface area (Å²) in [6.45, 7) is 4.19. The van der Waals surface area contributed by atoms with E-state index in [9.17, 15) is 13.6 Å². The fourth-order valence-electron chi connectivity index (χ4n) is 6.24. The van der Waals surface area contributed by atoms with Crippen LogP contribution in [-0.4, -0.2) is 52.4 Å². The zero-order chi connectivity index (χ0) is 30.6. The first-order valence-corrected chi connectivity index (χ1v) is 13.5. The van der Waals surface area contributed by atoms with Crippen molar-refractivity contribution in [3.63, 3.8) is 0 Å². The van der Waals surface area contributed by atoms with Crippen LogP contribution in [-0.2, 0) is 4.74 Å². The van der Waals surface area contributed by atoms with Gasteiger partial charge in [-0.1, -0.05) is 11.2 Å². The van der Waals surface area contributed by atoms with E-state index in [0.717, 1.165) is 34.5 Å². The van der Waals surface area contributed by atoms with Crippen LogP contribution in [0.4, 0.5) is 19.3 Å². The summed E-state index contributed by atoms with van der Waals surface area (Å²) < 4.78 is 63.7. The van der Waals surface area contributed by atoms with Crippen LogP contribution in [0.5, 0.6) is 0 Å². The minimum absolute atomic E-state index is 0.0390. The van der Waals surface area contributed by atoms with Crippen molar-refractivity contribution in [2.24, 2.45) is 0 Å². The molecule has 40 heavy (non-hydrogen) atoms. The summed E-state index contributed by atoms with van der Waals surface area (Å²) >= 11 is 0. The molecule has 2 amide bonds. The molecule has 0 unspecified atom stereocenters. The number of aryl methyl sites for hydroxylation is 2. The number of carbonyl (C=O) groups is 1. The van der Waals surface area contributed by atoms with Crippen molar-refractivity contribution in [2.75, 3.05) is 25.5 Å². The minimum Gasteiger partial charge on any atom is -0.381 e. The lowest BCUT2D eigenvalue weighted by atomic mass is 9.92. The maximum atomic E-state index is 14.4. The first kappa shape index (κ1) is 23.0. The summed E-state index contributed by atoms with van der Waals surface area (Å²) in [4.78, 5) is 21.7. The highest BCUT2D eigenvalue weighted by Crippen LogP contribution is 2.41. The smallest absolute Gasteiger partial charge is 0.324 e. The Morgan fingerprint density at radius 1 is 1.05 bits per heavy atom. The van der Waals surface area contributed by atoms with Gasteiger partial charge in [0.05, 0.1) is 33.0 Å². The second kappa shape index (κ2) is 10.3. The van der Waals surface area contributed by atoms with Crippen LogP contribution in [0, 0.1) is 25.5 Å². The molecule has 0 spiro atoms. The van der Waals surface area contributed by atoms with Gasteiger partial charge in [-0.25, -0.2) is 18.6 Å². The van der Waals surface area contributed by atoms with Gasteiger partial charge in [-0.05, 0) is 75.8 Å². The molecular weight excluding hydrogens is 516 g/mol. The average Bonchev–Trinajstić information content (AvgIpc) is 3.50. The molecule has 2 aliphatic rings. The molecule has 10 heteroatoms. The van der Waals surface area contributed by atoms with Gasteiger partial charge in [-0.3, -0.25) is 4.90 Å². The molecule has 4 aromatic rings. The Bertz CT molecular complexity index is 1660. The molecule has 210 valence electrons. The van der Waals surface area contributed by atoms with Crippen molar-refractivity contribution in [1.29, 1.82) is 0 Å². The van der Waals surface area contributed by atoms with Crippen LogP contribution in [0.15, 0.2) is 40.9 Å². The molecule has 3 heterocycles.